The fourth-order valence-corrected chi connectivity index (χ4v) is 8.56. The largest absolute Gasteiger partial charge is 0.289 e. The average molecular weight is 425 g/mol. The molecule has 0 radical (unpaired) electrons. The zero-order chi connectivity index (χ0) is 19.7. The van der Waals surface area contributed by atoms with E-state index in [-0.39, 0.29) is 22.1 Å². The lowest BCUT2D eigenvalue weighted by atomic mass is 10.2. The SMILES string of the molecule is CC1=C(C)C[S@](=NS(=O)(=O)c2ccccc2)N(S(=O)(=O)c2ccccc2)C1. The lowest BCUT2D eigenvalue weighted by Crippen LogP contribution is -2.39. The van der Waals surface area contributed by atoms with Gasteiger partial charge in [0.15, 0.2) is 0 Å². The quantitative estimate of drug-likeness (QED) is 0.706. The summed E-state index contributed by atoms with van der Waals surface area (Å²) in [5.41, 5.74) is 1.87. The number of benzene rings is 2. The molecule has 6 nitrogen and oxygen atoms in total. The monoisotopic (exact) mass is 424 g/mol. The first kappa shape index (κ1) is 19.9. The van der Waals surface area contributed by atoms with E-state index in [1.165, 1.54) is 28.0 Å². The van der Waals surface area contributed by atoms with Crippen molar-refractivity contribution < 1.29 is 16.8 Å². The van der Waals surface area contributed by atoms with E-state index >= 15 is 0 Å². The molecule has 1 heterocycles. The number of sulfonamides is 2. The van der Waals surface area contributed by atoms with Crippen molar-refractivity contribution in [2.24, 2.45) is 3.77 Å². The lowest BCUT2D eigenvalue weighted by Gasteiger charge is -2.29. The third-order valence-electron chi connectivity index (χ3n) is 4.21. The third-order valence-corrected chi connectivity index (χ3v) is 10.5. The van der Waals surface area contributed by atoms with Gasteiger partial charge in [-0.3, -0.25) is 0 Å². The molecule has 0 aliphatic carbocycles. The van der Waals surface area contributed by atoms with Crippen LogP contribution in [-0.2, 0) is 30.9 Å². The van der Waals surface area contributed by atoms with Crippen molar-refractivity contribution in [1.82, 2.24) is 3.71 Å². The Morgan fingerprint density at radius 2 is 1.33 bits per heavy atom. The van der Waals surface area contributed by atoms with Crippen LogP contribution in [0, 0.1) is 0 Å². The van der Waals surface area contributed by atoms with Gasteiger partial charge in [-0.2, -0.15) is 8.42 Å². The van der Waals surface area contributed by atoms with Crippen LogP contribution in [0.3, 0.4) is 0 Å². The number of nitrogens with zero attached hydrogens (tertiary/aromatic N) is 2. The Morgan fingerprint density at radius 3 is 1.89 bits per heavy atom. The molecule has 27 heavy (non-hydrogen) atoms. The molecule has 0 N–H and O–H groups in total. The van der Waals surface area contributed by atoms with Gasteiger partial charge in [-0.15, -0.1) is 7.48 Å². The first-order valence-electron chi connectivity index (χ1n) is 8.19. The molecule has 1 atom stereocenters. The van der Waals surface area contributed by atoms with Gasteiger partial charge in [-0.05, 0) is 38.1 Å². The fourth-order valence-electron chi connectivity index (χ4n) is 2.51. The smallest absolute Gasteiger partial charge is 0.206 e. The van der Waals surface area contributed by atoms with Crippen LogP contribution < -0.4 is 0 Å². The fraction of sp³-hybridized carbons (Fsp3) is 0.222. The van der Waals surface area contributed by atoms with Crippen molar-refractivity contribution in [3.05, 3.63) is 71.8 Å². The first-order chi connectivity index (χ1) is 12.7. The van der Waals surface area contributed by atoms with Crippen LogP contribution >= 0.6 is 0 Å². The molecule has 1 aliphatic heterocycles. The number of hydrogen-bond acceptors (Lipinski definition) is 4. The minimum absolute atomic E-state index is 0.0542. The molecular weight excluding hydrogens is 404 g/mol. The van der Waals surface area contributed by atoms with E-state index < -0.39 is 30.9 Å². The Bertz CT molecular complexity index is 1110. The molecule has 0 unspecified atom stereocenters. The molecule has 1 aliphatic rings. The summed E-state index contributed by atoms with van der Waals surface area (Å²) >= 11 is 0. The summed E-state index contributed by atoms with van der Waals surface area (Å²) in [4.78, 5) is 0.181. The lowest BCUT2D eigenvalue weighted by molar-refractivity contribution is 0.548. The minimum Gasteiger partial charge on any atom is -0.206 e. The van der Waals surface area contributed by atoms with E-state index in [1.807, 2.05) is 13.8 Å². The van der Waals surface area contributed by atoms with Crippen molar-refractivity contribution in [2.75, 3.05) is 12.3 Å². The van der Waals surface area contributed by atoms with Gasteiger partial charge in [0.25, 0.3) is 20.0 Å². The van der Waals surface area contributed by atoms with Gasteiger partial charge in [0, 0.05) is 23.2 Å². The molecule has 0 saturated carbocycles. The average Bonchev–Trinajstić information content (AvgIpc) is 2.65. The summed E-state index contributed by atoms with van der Waals surface area (Å²) in [5, 5.41) is 0. The zero-order valence-electron chi connectivity index (χ0n) is 14.9. The van der Waals surface area contributed by atoms with Gasteiger partial charge in [0.1, 0.15) is 0 Å². The second kappa shape index (κ2) is 7.67. The van der Waals surface area contributed by atoms with Gasteiger partial charge in [-0.1, -0.05) is 47.5 Å². The Hall–Kier alpha value is -1.81. The van der Waals surface area contributed by atoms with Crippen LogP contribution in [-0.4, -0.2) is 32.8 Å². The molecule has 0 bridgehead atoms. The predicted molar refractivity (Wildman–Crippen MR) is 107 cm³/mol. The maximum atomic E-state index is 13.1. The van der Waals surface area contributed by atoms with Crippen molar-refractivity contribution >= 4 is 30.9 Å². The first-order valence-corrected chi connectivity index (χ1v) is 12.4. The highest BCUT2D eigenvalue weighted by atomic mass is 32.3. The summed E-state index contributed by atoms with van der Waals surface area (Å²) in [6.07, 6.45) is 0. The Kier molecular flexibility index (Phi) is 5.66. The molecule has 0 aromatic heterocycles. The van der Waals surface area contributed by atoms with Crippen molar-refractivity contribution in [2.45, 2.75) is 23.6 Å². The molecule has 9 heteroatoms. The molecule has 0 spiro atoms. The van der Waals surface area contributed by atoms with Gasteiger partial charge >= 0.3 is 0 Å². The highest BCUT2D eigenvalue weighted by Crippen LogP contribution is 2.27. The summed E-state index contributed by atoms with van der Waals surface area (Å²) in [5.74, 6) is 0.268. The molecule has 0 amide bonds. The molecule has 2 aromatic carbocycles. The molecule has 0 fully saturated rings. The topological polar surface area (TPSA) is 83.9 Å². The maximum absolute atomic E-state index is 13.1. The van der Waals surface area contributed by atoms with E-state index in [9.17, 15) is 16.8 Å². The molecule has 2 aromatic rings. The Balaban J connectivity index is 2.12. The normalized spacial score (nSPS) is 19.4. The van der Waals surface area contributed by atoms with Crippen LogP contribution in [0.5, 0.6) is 0 Å². The Labute approximate surface area is 162 Å². The van der Waals surface area contributed by atoms with Gasteiger partial charge < -0.3 is 0 Å². The highest BCUT2D eigenvalue weighted by Gasteiger charge is 2.33. The minimum atomic E-state index is -3.97. The molecule has 144 valence electrons. The summed E-state index contributed by atoms with van der Waals surface area (Å²) in [6.45, 7) is 3.86. The van der Waals surface area contributed by atoms with E-state index in [0.717, 1.165) is 11.1 Å². The van der Waals surface area contributed by atoms with Gasteiger partial charge in [-0.25, -0.2) is 8.42 Å². The summed E-state index contributed by atoms with van der Waals surface area (Å²) < 4.78 is 56.9. The predicted octanol–water partition coefficient (Wildman–Crippen LogP) is 3.13. The van der Waals surface area contributed by atoms with E-state index in [1.54, 1.807) is 36.4 Å². The number of hydrogen-bond donors (Lipinski definition) is 0. The van der Waals surface area contributed by atoms with Gasteiger partial charge in [0.05, 0.1) is 9.79 Å². The van der Waals surface area contributed by atoms with Crippen LogP contribution in [0.25, 0.3) is 0 Å². The molecule has 3 rings (SSSR count). The highest BCUT2D eigenvalue weighted by molar-refractivity contribution is 8.06. The van der Waals surface area contributed by atoms with E-state index in [4.69, 9.17) is 0 Å². The van der Waals surface area contributed by atoms with Crippen LogP contribution in [0.4, 0.5) is 0 Å². The van der Waals surface area contributed by atoms with E-state index in [2.05, 4.69) is 3.77 Å². The summed E-state index contributed by atoms with van der Waals surface area (Å²) in [7, 11) is -9.18. The molecule has 0 saturated heterocycles. The standard InChI is InChI=1S/C18H20N2O4S3/c1-15-13-20(27(23,24)18-11-7-4-8-12-18)25(14-16(15)2)19-26(21,22)17-9-5-3-6-10-17/h3-12H,13-14H2,1-2H3/t25-/m1/s1. The zero-order valence-corrected chi connectivity index (χ0v) is 17.4. The van der Waals surface area contributed by atoms with Crippen LogP contribution in [0.1, 0.15) is 13.8 Å². The molecular formula is C18H20N2O4S3. The maximum Gasteiger partial charge on any atom is 0.289 e. The number of rotatable bonds is 4. The van der Waals surface area contributed by atoms with Crippen molar-refractivity contribution in [3.8, 4) is 0 Å². The second-order valence-electron chi connectivity index (χ2n) is 6.19. The van der Waals surface area contributed by atoms with Crippen molar-refractivity contribution in [1.29, 1.82) is 0 Å². The van der Waals surface area contributed by atoms with Crippen LogP contribution in [0.2, 0.25) is 0 Å². The Morgan fingerprint density at radius 1 is 0.815 bits per heavy atom. The summed E-state index contributed by atoms with van der Waals surface area (Å²) in [6, 6.07) is 15.9. The van der Waals surface area contributed by atoms with Gasteiger partial charge in [0.2, 0.25) is 0 Å². The van der Waals surface area contributed by atoms with Crippen molar-refractivity contribution in [3.63, 3.8) is 0 Å². The van der Waals surface area contributed by atoms with Crippen LogP contribution in [0.15, 0.2) is 85.4 Å². The van der Waals surface area contributed by atoms with E-state index in [0.29, 0.717) is 0 Å². The second-order valence-corrected chi connectivity index (χ2v) is 11.7. The third kappa shape index (κ3) is 4.21.